The fraction of sp³-hybridized carbons (Fsp3) is 0.615. The van der Waals surface area contributed by atoms with Gasteiger partial charge >= 0.3 is 5.97 Å². The topological polar surface area (TPSA) is 71.7 Å². The first-order valence-corrected chi connectivity index (χ1v) is 6.31. The van der Waals surface area contributed by atoms with Crippen LogP contribution in [-0.2, 0) is 4.74 Å². The van der Waals surface area contributed by atoms with Crippen LogP contribution in [0.5, 0.6) is 0 Å². The maximum absolute atomic E-state index is 10.7. The monoisotopic (exact) mass is 253 g/mol. The largest absolute Gasteiger partial charge is 0.475 e. The van der Waals surface area contributed by atoms with Crippen molar-refractivity contribution in [3.63, 3.8) is 0 Å². The van der Waals surface area contributed by atoms with Crippen molar-refractivity contribution in [2.45, 2.75) is 25.8 Å². The highest BCUT2D eigenvalue weighted by Gasteiger charge is 2.17. The van der Waals surface area contributed by atoms with Gasteiger partial charge in [-0.05, 0) is 37.8 Å². The summed E-state index contributed by atoms with van der Waals surface area (Å²) in [5, 5.41) is 12.1. The highest BCUT2D eigenvalue weighted by Crippen LogP contribution is 2.18. The number of aromatic carboxylic acids is 1. The molecule has 100 valence electrons. The van der Waals surface area contributed by atoms with Crippen LogP contribution in [0.15, 0.2) is 16.5 Å². The predicted molar refractivity (Wildman–Crippen MR) is 65.6 cm³/mol. The minimum absolute atomic E-state index is 0.0139. The number of carboxylic acids is 1. The average Bonchev–Trinajstić information content (AvgIpc) is 2.87. The summed E-state index contributed by atoms with van der Waals surface area (Å²) in [6.45, 7) is 4.50. The third-order valence-electron chi connectivity index (χ3n) is 3.23. The zero-order valence-electron chi connectivity index (χ0n) is 10.5. The summed E-state index contributed by atoms with van der Waals surface area (Å²) in [5.41, 5.74) is 0. The molecule has 0 aliphatic carbocycles. The van der Waals surface area contributed by atoms with Gasteiger partial charge in [-0.25, -0.2) is 4.79 Å². The molecule has 5 nitrogen and oxygen atoms in total. The van der Waals surface area contributed by atoms with Crippen LogP contribution in [0.4, 0.5) is 0 Å². The zero-order chi connectivity index (χ0) is 13.0. The third-order valence-corrected chi connectivity index (χ3v) is 3.23. The molecule has 1 fully saturated rings. The lowest BCUT2D eigenvalue weighted by atomic mass is 10.0. The second-order valence-electron chi connectivity index (χ2n) is 4.72. The van der Waals surface area contributed by atoms with Crippen LogP contribution in [0.1, 0.15) is 42.1 Å². The van der Waals surface area contributed by atoms with E-state index in [1.807, 2.05) is 6.92 Å². The SMILES string of the molecule is CC(NCC1CCCOC1)c1ccc(C(=O)O)o1. The molecule has 18 heavy (non-hydrogen) atoms. The molecule has 0 spiro atoms. The minimum Gasteiger partial charge on any atom is -0.475 e. The van der Waals surface area contributed by atoms with E-state index in [0.717, 1.165) is 26.2 Å². The van der Waals surface area contributed by atoms with Crippen molar-refractivity contribution >= 4 is 5.97 Å². The molecule has 2 atom stereocenters. The van der Waals surface area contributed by atoms with Crippen LogP contribution in [0, 0.1) is 5.92 Å². The standard InChI is InChI=1S/C13H19NO4/c1-9(11-4-5-12(18-11)13(15)16)14-7-10-3-2-6-17-8-10/h4-5,9-10,14H,2-3,6-8H2,1H3,(H,15,16). The van der Waals surface area contributed by atoms with Gasteiger partial charge < -0.3 is 19.6 Å². The summed E-state index contributed by atoms with van der Waals surface area (Å²) in [5.74, 6) is 0.146. The van der Waals surface area contributed by atoms with E-state index in [2.05, 4.69) is 5.32 Å². The Morgan fingerprint density at radius 1 is 1.61 bits per heavy atom. The molecule has 0 amide bonds. The fourth-order valence-corrected chi connectivity index (χ4v) is 2.11. The first-order valence-electron chi connectivity index (χ1n) is 6.31. The molecule has 2 unspecified atom stereocenters. The van der Waals surface area contributed by atoms with Gasteiger partial charge in [0, 0.05) is 13.2 Å². The minimum atomic E-state index is -1.03. The molecule has 1 aromatic rings. The highest BCUT2D eigenvalue weighted by molar-refractivity contribution is 5.84. The molecule has 1 aliphatic heterocycles. The maximum Gasteiger partial charge on any atom is 0.371 e. The van der Waals surface area contributed by atoms with E-state index in [-0.39, 0.29) is 11.8 Å². The molecule has 2 rings (SSSR count). The Bertz CT molecular complexity index is 395. The van der Waals surface area contributed by atoms with E-state index >= 15 is 0 Å². The van der Waals surface area contributed by atoms with Gasteiger partial charge in [0.25, 0.3) is 0 Å². The van der Waals surface area contributed by atoms with Gasteiger partial charge in [0.2, 0.25) is 5.76 Å². The van der Waals surface area contributed by atoms with Gasteiger partial charge in [-0.3, -0.25) is 0 Å². The van der Waals surface area contributed by atoms with Crippen molar-refractivity contribution in [2.75, 3.05) is 19.8 Å². The van der Waals surface area contributed by atoms with Crippen molar-refractivity contribution < 1.29 is 19.1 Å². The van der Waals surface area contributed by atoms with Gasteiger partial charge in [-0.1, -0.05) is 0 Å². The van der Waals surface area contributed by atoms with Crippen LogP contribution < -0.4 is 5.32 Å². The lowest BCUT2D eigenvalue weighted by Gasteiger charge is -2.23. The lowest BCUT2D eigenvalue weighted by Crippen LogP contribution is -2.30. The number of hydrogen-bond acceptors (Lipinski definition) is 4. The van der Waals surface area contributed by atoms with E-state index < -0.39 is 5.97 Å². The Morgan fingerprint density at radius 2 is 2.44 bits per heavy atom. The van der Waals surface area contributed by atoms with Gasteiger partial charge in [0.15, 0.2) is 0 Å². The normalized spacial score (nSPS) is 21.7. The number of carbonyl (C=O) groups is 1. The van der Waals surface area contributed by atoms with E-state index in [1.165, 1.54) is 12.5 Å². The summed E-state index contributed by atoms with van der Waals surface area (Å²) in [7, 11) is 0. The smallest absolute Gasteiger partial charge is 0.371 e. The molecule has 1 aromatic heterocycles. The second-order valence-corrected chi connectivity index (χ2v) is 4.72. The third kappa shape index (κ3) is 3.34. The van der Waals surface area contributed by atoms with E-state index in [0.29, 0.717) is 11.7 Å². The average molecular weight is 253 g/mol. The Balaban J connectivity index is 1.82. The van der Waals surface area contributed by atoms with Crippen molar-refractivity contribution in [3.05, 3.63) is 23.7 Å². The molecular formula is C13H19NO4. The summed E-state index contributed by atoms with van der Waals surface area (Å²) >= 11 is 0. The van der Waals surface area contributed by atoms with Crippen molar-refractivity contribution in [1.82, 2.24) is 5.32 Å². The van der Waals surface area contributed by atoms with Crippen LogP contribution in [0.3, 0.4) is 0 Å². The number of rotatable bonds is 5. The molecule has 0 aromatic carbocycles. The molecular weight excluding hydrogens is 234 g/mol. The Morgan fingerprint density at radius 3 is 3.06 bits per heavy atom. The molecule has 0 saturated carbocycles. The molecule has 1 saturated heterocycles. The Hall–Kier alpha value is -1.33. The first kappa shape index (κ1) is 13.1. The van der Waals surface area contributed by atoms with Crippen LogP contribution >= 0.6 is 0 Å². The van der Waals surface area contributed by atoms with Gasteiger partial charge in [-0.2, -0.15) is 0 Å². The van der Waals surface area contributed by atoms with Gasteiger partial charge in [-0.15, -0.1) is 0 Å². The van der Waals surface area contributed by atoms with Crippen LogP contribution in [0.2, 0.25) is 0 Å². The van der Waals surface area contributed by atoms with Crippen LogP contribution in [-0.4, -0.2) is 30.8 Å². The Kier molecular flexibility index (Phi) is 4.38. The summed E-state index contributed by atoms with van der Waals surface area (Å²) in [6.07, 6.45) is 2.29. The van der Waals surface area contributed by atoms with Crippen molar-refractivity contribution in [2.24, 2.45) is 5.92 Å². The van der Waals surface area contributed by atoms with E-state index in [9.17, 15) is 4.79 Å². The number of nitrogens with one attached hydrogen (secondary N) is 1. The molecule has 0 bridgehead atoms. The Labute approximate surface area is 106 Å². The summed E-state index contributed by atoms with van der Waals surface area (Å²) in [4.78, 5) is 10.7. The van der Waals surface area contributed by atoms with E-state index in [4.69, 9.17) is 14.3 Å². The van der Waals surface area contributed by atoms with Crippen LogP contribution in [0.25, 0.3) is 0 Å². The molecule has 2 N–H and O–H groups in total. The molecule has 2 heterocycles. The van der Waals surface area contributed by atoms with Gasteiger partial charge in [0.05, 0.1) is 12.6 Å². The number of hydrogen-bond donors (Lipinski definition) is 2. The number of ether oxygens (including phenoxy) is 1. The van der Waals surface area contributed by atoms with E-state index in [1.54, 1.807) is 6.07 Å². The van der Waals surface area contributed by atoms with Gasteiger partial charge in [0.1, 0.15) is 5.76 Å². The predicted octanol–water partition coefficient (Wildman–Crippen LogP) is 2.06. The summed E-state index contributed by atoms with van der Waals surface area (Å²) in [6, 6.07) is 3.21. The molecule has 1 aliphatic rings. The lowest BCUT2D eigenvalue weighted by molar-refractivity contribution is 0.0537. The van der Waals surface area contributed by atoms with Crippen molar-refractivity contribution in [1.29, 1.82) is 0 Å². The first-order chi connectivity index (χ1) is 8.66. The summed E-state index contributed by atoms with van der Waals surface area (Å²) < 4.78 is 10.7. The quantitative estimate of drug-likeness (QED) is 0.840. The number of carboxylic acid groups (broad SMARTS) is 1. The zero-order valence-corrected chi connectivity index (χ0v) is 10.5. The van der Waals surface area contributed by atoms with Crippen molar-refractivity contribution in [3.8, 4) is 0 Å². The number of furan rings is 1. The fourth-order valence-electron chi connectivity index (χ4n) is 2.11. The molecule has 0 radical (unpaired) electrons. The second kappa shape index (κ2) is 6.02. The maximum atomic E-state index is 10.7. The molecule has 5 heteroatoms. The highest BCUT2D eigenvalue weighted by atomic mass is 16.5.